The van der Waals surface area contributed by atoms with Crippen molar-refractivity contribution in [2.45, 2.75) is 25.4 Å². The second-order valence-corrected chi connectivity index (χ2v) is 6.32. The lowest BCUT2D eigenvalue weighted by molar-refractivity contribution is -0.140. The average Bonchev–Trinajstić information content (AvgIpc) is 2.35. The monoisotopic (exact) mass is 280 g/mol. The summed E-state index contributed by atoms with van der Waals surface area (Å²) in [5.74, 6) is -0.439. The standard InChI is InChI=1S/C10H20N2O5S/c1-11(6-5-10(14)17-2)18(15,16)12-7-3-9(13)4-8-12/h9,13H,3-8H2,1-2H3. The van der Waals surface area contributed by atoms with Crippen molar-refractivity contribution in [3.63, 3.8) is 0 Å². The van der Waals surface area contributed by atoms with E-state index in [0.29, 0.717) is 25.9 Å². The number of piperidine rings is 1. The molecule has 0 aromatic carbocycles. The molecule has 0 atom stereocenters. The van der Waals surface area contributed by atoms with E-state index in [9.17, 15) is 18.3 Å². The summed E-state index contributed by atoms with van der Waals surface area (Å²) in [5.41, 5.74) is 0. The minimum Gasteiger partial charge on any atom is -0.469 e. The normalized spacial score (nSPS) is 19.1. The highest BCUT2D eigenvalue weighted by molar-refractivity contribution is 7.86. The molecule has 1 heterocycles. The van der Waals surface area contributed by atoms with Crippen molar-refractivity contribution in [3.05, 3.63) is 0 Å². The molecule has 0 radical (unpaired) electrons. The zero-order chi connectivity index (χ0) is 13.8. The van der Waals surface area contributed by atoms with Crippen molar-refractivity contribution >= 4 is 16.2 Å². The third-order valence-electron chi connectivity index (χ3n) is 3.00. The minimum atomic E-state index is -3.54. The van der Waals surface area contributed by atoms with E-state index in [2.05, 4.69) is 4.74 Å². The van der Waals surface area contributed by atoms with Gasteiger partial charge in [0.2, 0.25) is 0 Å². The fourth-order valence-corrected chi connectivity index (χ4v) is 3.12. The number of esters is 1. The third kappa shape index (κ3) is 3.91. The highest BCUT2D eigenvalue weighted by Crippen LogP contribution is 2.16. The molecule has 1 aliphatic rings. The van der Waals surface area contributed by atoms with E-state index in [-0.39, 0.29) is 13.0 Å². The molecule has 0 bridgehead atoms. The van der Waals surface area contributed by atoms with E-state index < -0.39 is 22.3 Å². The van der Waals surface area contributed by atoms with E-state index >= 15 is 0 Å². The van der Waals surface area contributed by atoms with Gasteiger partial charge in [0.25, 0.3) is 10.2 Å². The van der Waals surface area contributed by atoms with Gasteiger partial charge in [0.15, 0.2) is 0 Å². The lowest BCUT2D eigenvalue weighted by Crippen LogP contribution is -2.47. The van der Waals surface area contributed by atoms with Gasteiger partial charge >= 0.3 is 5.97 Å². The number of aliphatic hydroxyl groups excluding tert-OH is 1. The summed E-state index contributed by atoms with van der Waals surface area (Å²) in [7, 11) is -0.841. The largest absolute Gasteiger partial charge is 0.469 e. The Hall–Kier alpha value is -0.700. The molecule has 0 saturated carbocycles. The lowest BCUT2D eigenvalue weighted by Gasteiger charge is -2.31. The molecule has 1 fully saturated rings. The fraction of sp³-hybridized carbons (Fsp3) is 0.900. The maximum Gasteiger partial charge on any atom is 0.306 e. The Kier molecular flexibility index (Phi) is 5.51. The Bertz CT molecular complexity index is 376. The molecule has 18 heavy (non-hydrogen) atoms. The fourth-order valence-electron chi connectivity index (χ4n) is 1.74. The zero-order valence-electron chi connectivity index (χ0n) is 10.7. The van der Waals surface area contributed by atoms with E-state index in [4.69, 9.17) is 0 Å². The molecule has 1 saturated heterocycles. The molecule has 1 rings (SSSR count). The number of carbonyl (C=O) groups is 1. The molecule has 8 heteroatoms. The van der Waals surface area contributed by atoms with E-state index in [1.165, 1.54) is 18.5 Å². The summed E-state index contributed by atoms with van der Waals surface area (Å²) < 4.78 is 31.2. The Labute approximate surface area is 108 Å². The molecule has 0 amide bonds. The van der Waals surface area contributed by atoms with Gasteiger partial charge in [0.1, 0.15) is 0 Å². The molecular formula is C10H20N2O5S. The van der Waals surface area contributed by atoms with Gasteiger partial charge in [-0.2, -0.15) is 17.0 Å². The summed E-state index contributed by atoms with van der Waals surface area (Å²) in [6, 6.07) is 0. The van der Waals surface area contributed by atoms with Crippen molar-refractivity contribution in [2.24, 2.45) is 0 Å². The molecule has 0 aromatic rings. The molecule has 1 aliphatic heterocycles. The quantitative estimate of drug-likeness (QED) is 0.665. The first kappa shape index (κ1) is 15.4. The van der Waals surface area contributed by atoms with Crippen LogP contribution in [0.5, 0.6) is 0 Å². The number of nitrogens with zero attached hydrogens (tertiary/aromatic N) is 2. The zero-order valence-corrected chi connectivity index (χ0v) is 11.5. The third-order valence-corrected chi connectivity index (χ3v) is 4.99. The smallest absolute Gasteiger partial charge is 0.306 e. The number of aliphatic hydroxyl groups is 1. The SMILES string of the molecule is COC(=O)CCN(C)S(=O)(=O)N1CCC(O)CC1. The highest BCUT2D eigenvalue weighted by Gasteiger charge is 2.30. The number of hydrogen-bond acceptors (Lipinski definition) is 5. The van der Waals surface area contributed by atoms with Crippen LogP contribution in [0.1, 0.15) is 19.3 Å². The van der Waals surface area contributed by atoms with Crippen LogP contribution in [0.25, 0.3) is 0 Å². The van der Waals surface area contributed by atoms with Gasteiger partial charge < -0.3 is 9.84 Å². The van der Waals surface area contributed by atoms with Gasteiger partial charge in [-0.1, -0.05) is 0 Å². The van der Waals surface area contributed by atoms with Gasteiger partial charge in [0, 0.05) is 26.7 Å². The maximum atomic E-state index is 12.1. The van der Waals surface area contributed by atoms with Crippen LogP contribution in [0, 0.1) is 0 Å². The molecule has 0 aromatic heterocycles. The molecule has 106 valence electrons. The predicted octanol–water partition coefficient (Wildman–Crippen LogP) is -0.817. The summed E-state index contributed by atoms with van der Waals surface area (Å²) in [5, 5.41) is 9.34. The van der Waals surface area contributed by atoms with Crippen molar-refractivity contribution in [1.29, 1.82) is 0 Å². The van der Waals surface area contributed by atoms with Gasteiger partial charge in [0.05, 0.1) is 19.6 Å². The first-order valence-electron chi connectivity index (χ1n) is 5.84. The second-order valence-electron chi connectivity index (χ2n) is 4.29. The average molecular weight is 280 g/mol. The van der Waals surface area contributed by atoms with Crippen molar-refractivity contribution < 1.29 is 23.1 Å². The molecule has 0 spiro atoms. The van der Waals surface area contributed by atoms with Gasteiger partial charge in [-0.3, -0.25) is 4.79 Å². The van der Waals surface area contributed by atoms with Gasteiger partial charge in [-0.05, 0) is 12.8 Å². The number of ether oxygens (including phenoxy) is 1. The Morgan fingerprint density at radius 2 is 2.00 bits per heavy atom. The lowest BCUT2D eigenvalue weighted by atomic mass is 10.1. The first-order chi connectivity index (χ1) is 8.37. The Morgan fingerprint density at radius 1 is 1.44 bits per heavy atom. The van der Waals surface area contributed by atoms with Gasteiger partial charge in [-0.25, -0.2) is 0 Å². The van der Waals surface area contributed by atoms with Crippen molar-refractivity contribution in [1.82, 2.24) is 8.61 Å². The highest BCUT2D eigenvalue weighted by atomic mass is 32.2. The van der Waals surface area contributed by atoms with E-state index in [1.54, 1.807) is 0 Å². The van der Waals surface area contributed by atoms with Crippen LogP contribution in [-0.2, 0) is 19.7 Å². The van der Waals surface area contributed by atoms with Crippen LogP contribution in [-0.4, -0.2) is 68.0 Å². The van der Waals surface area contributed by atoms with Crippen molar-refractivity contribution in [2.75, 3.05) is 33.8 Å². The molecule has 0 aliphatic carbocycles. The molecule has 7 nitrogen and oxygen atoms in total. The summed E-state index contributed by atoms with van der Waals surface area (Å²) in [4.78, 5) is 11.0. The number of hydrogen-bond donors (Lipinski definition) is 1. The maximum absolute atomic E-state index is 12.1. The summed E-state index contributed by atoms with van der Waals surface area (Å²) in [6.07, 6.45) is 0.508. The van der Waals surface area contributed by atoms with Crippen molar-refractivity contribution in [3.8, 4) is 0 Å². The van der Waals surface area contributed by atoms with Crippen LogP contribution >= 0.6 is 0 Å². The summed E-state index contributed by atoms with van der Waals surface area (Å²) >= 11 is 0. The molecular weight excluding hydrogens is 260 g/mol. The Balaban J connectivity index is 2.54. The topological polar surface area (TPSA) is 87.2 Å². The van der Waals surface area contributed by atoms with Crippen LogP contribution in [0.4, 0.5) is 0 Å². The first-order valence-corrected chi connectivity index (χ1v) is 7.24. The van der Waals surface area contributed by atoms with Crippen LogP contribution in [0.15, 0.2) is 0 Å². The number of rotatable bonds is 5. The minimum absolute atomic E-state index is 0.0305. The van der Waals surface area contributed by atoms with E-state index in [0.717, 1.165) is 4.31 Å². The number of carbonyl (C=O) groups excluding carboxylic acids is 1. The van der Waals surface area contributed by atoms with E-state index in [1.807, 2.05) is 0 Å². The molecule has 1 N–H and O–H groups in total. The second kappa shape index (κ2) is 6.46. The van der Waals surface area contributed by atoms with Gasteiger partial charge in [-0.15, -0.1) is 0 Å². The van der Waals surface area contributed by atoms with Crippen LogP contribution < -0.4 is 0 Å². The predicted molar refractivity (Wildman–Crippen MR) is 65.0 cm³/mol. The summed E-state index contributed by atoms with van der Waals surface area (Å²) in [6.45, 7) is 0.714. The number of methoxy groups -OCH3 is 1. The van der Waals surface area contributed by atoms with Crippen LogP contribution in [0.2, 0.25) is 0 Å². The van der Waals surface area contributed by atoms with Crippen LogP contribution in [0.3, 0.4) is 0 Å². The molecule has 0 unspecified atom stereocenters. The Morgan fingerprint density at radius 3 is 2.50 bits per heavy atom.